The molecular formula is C17H26N2O. The number of ether oxygens (including phenoxy) is 1. The monoisotopic (exact) mass is 274 g/mol. The Morgan fingerprint density at radius 2 is 1.95 bits per heavy atom. The van der Waals surface area contributed by atoms with Crippen molar-refractivity contribution in [1.29, 1.82) is 0 Å². The first kappa shape index (κ1) is 15.1. The topological polar surface area (TPSA) is 40.2 Å². The lowest BCUT2D eigenvalue weighted by molar-refractivity contribution is -0.00645. The van der Waals surface area contributed by atoms with E-state index < -0.39 is 0 Å². The molecule has 3 heteroatoms. The Balaban J connectivity index is 2.16. The molecule has 2 aromatic rings. The predicted octanol–water partition coefficient (Wildman–Crippen LogP) is 3.35. The summed E-state index contributed by atoms with van der Waals surface area (Å²) >= 11 is 0. The van der Waals surface area contributed by atoms with Crippen LogP contribution in [0.3, 0.4) is 0 Å². The predicted molar refractivity (Wildman–Crippen MR) is 85.0 cm³/mol. The number of nitrogens with two attached hydrogens (primary N) is 1. The molecule has 0 fully saturated rings. The molecule has 0 aliphatic heterocycles. The van der Waals surface area contributed by atoms with Gasteiger partial charge in [0.05, 0.1) is 12.2 Å². The molecule has 0 saturated carbocycles. The number of rotatable bonds is 6. The van der Waals surface area contributed by atoms with Crippen molar-refractivity contribution in [3.05, 3.63) is 36.0 Å². The third-order valence-electron chi connectivity index (χ3n) is 3.39. The highest BCUT2D eigenvalue weighted by Crippen LogP contribution is 2.22. The zero-order valence-corrected chi connectivity index (χ0v) is 12.9. The van der Waals surface area contributed by atoms with Gasteiger partial charge < -0.3 is 15.0 Å². The van der Waals surface area contributed by atoms with Gasteiger partial charge in [-0.05, 0) is 51.8 Å². The Bertz CT molecular complexity index is 552. The number of fused-ring (bicyclic) bond motifs is 1. The standard InChI is InChI=1S/C17H26N2O/c1-17(2,3)20-12-11-19-13-14(7-6-10-18)15-8-4-5-9-16(15)19/h4-5,8-9,13H,6-7,10-12,18H2,1-3H3. The van der Waals surface area contributed by atoms with E-state index in [1.807, 2.05) is 0 Å². The van der Waals surface area contributed by atoms with Gasteiger partial charge in [-0.25, -0.2) is 0 Å². The SMILES string of the molecule is CC(C)(C)OCCn1cc(CCCN)c2ccccc21. The first-order chi connectivity index (χ1) is 9.51. The van der Waals surface area contributed by atoms with Gasteiger partial charge in [-0.1, -0.05) is 18.2 Å². The van der Waals surface area contributed by atoms with Gasteiger partial charge in [0.1, 0.15) is 0 Å². The minimum atomic E-state index is -0.0780. The van der Waals surface area contributed by atoms with Crippen molar-refractivity contribution in [3.8, 4) is 0 Å². The number of hydrogen-bond donors (Lipinski definition) is 1. The molecule has 0 unspecified atom stereocenters. The summed E-state index contributed by atoms with van der Waals surface area (Å²) in [5.41, 5.74) is 8.23. The first-order valence-corrected chi connectivity index (χ1v) is 7.42. The van der Waals surface area contributed by atoms with Gasteiger partial charge in [-0.15, -0.1) is 0 Å². The molecule has 110 valence electrons. The molecule has 0 atom stereocenters. The molecule has 2 N–H and O–H groups in total. The summed E-state index contributed by atoms with van der Waals surface area (Å²) in [7, 11) is 0. The van der Waals surface area contributed by atoms with Gasteiger partial charge in [0.15, 0.2) is 0 Å². The zero-order chi connectivity index (χ0) is 14.6. The molecule has 20 heavy (non-hydrogen) atoms. The zero-order valence-electron chi connectivity index (χ0n) is 12.9. The Kier molecular flexibility index (Phi) is 4.84. The van der Waals surface area contributed by atoms with E-state index >= 15 is 0 Å². The fourth-order valence-electron chi connectivity index (χ4n) is 2.45. The third kappa shape index (κ3) is 3.84. The maximum atomic E-state index is 5.83. The summed E-state index contributed by atoms with van der Waals surface area (Å²) in [6.07, 6.45) is 4.34. The molecule has 1 aromatic carbocycles. The molecule has 2 rings (SSSR count). The van der Waals surface area contributed by atoms with Crippen LogP contribution in [-0.4, -0.2) is 23.3 Å². The van der Waals surface area contributed by atoms with E-state index in [-0.39, 0.29) is 5.60 Å². The van der Waals surface area contributed by atoms with Crippen molar-refractivity contribution in [1.82, 2.24) is 4.57 Å². The second-order valence-corrected chi connectivity index (χ2v) is 6.22. The number of aryl methyl sites for hydroxylation is 1. The average molecular weight is 274 g/mol. The summed E-state index contributed by atoms with van der Waals surface area (Å²) in [6, 6.07) is 8.57. The van der Waals surface area contributed by atoms with Crippen molar-refractivity contribution in [2.24, 2.45) is 5.73 Å². The van der Waals surface area contributed by atoms with Crippen molar-refractivity contribution in [2.75, 3.05) is 13.2 Å². The molecule has 0 radical (unpaired) electrons. The highest BCUT2D eigenvalue weighted by atomic mass is 16.5. The van der Waals surface area contributed by atoms with Crippen LogP contribution in [0.4, 0.5) is 0 Å². The van der Waals surface area contributed by atoms with Gasteiger partial charge in [0.2, 0.25) is 0 Å². The highest BCUT2D eigenvalue weighted by Gasteiger charge is 2.11. The average Bonchev–Trinajstić information content (AvgIpc) is 2.74. The Morgan fingerprint density at radius 3 is 2.65 bits per heavy atom. The maximum absolute atomic E-state index is 5.83. The number of aromatic nitrogens is 1. The van der Waals surface area contributed by atoms with Crippen molar-refractivity contribution >= 4 is 10.9 Å². The van der Waals surface area contributed by atoms with Crippen LogP contribution in [0.5, 0.6) is 0 Å². The smallest absolute Gasteiger partial charge is 0.0652 e. The number of benzene rings is 1. The van der Waals surface area contributed by atoms with Crippen LogP contribution in [0.2, 0.25) is 0 Å². The molecule has 1 aromatic heterocycles. The van der Waals surface area contributed by atoms with Crippen molar-refractivity contribution in [3.63, 3.8) is 0 Å². The summed E-state index contributed by atoms with van der Waals surface area (Å²) in [6.45, 7) is 8.64. The molecule has 3 nitrogen and oxygen atoms in total. The molecular weight excluding hydrogens is 248 g/mol. The molecule has 0 aliphatic rings. The number of hydrogen-bond acceptors (Lipinski definition) is 2. The largest absolute Gasteiger partial charge is 0.374 e. The molecule has 0 amide bonds. The van der Waals surface area contributed by atoms with Crippen LogP contribution < -0.4 is 5.73 Å². The summed E-state index contributed by atoms with van der Waals surface area (Å²) in [5, 5.41) is 1.34. The van der Waals surface area contributed by atoms with Gasteiger partial charge in [-0.3, -0.25) is 0 Å². The Labute approximate surface area is 121 Å². The molecule has 0 bridgehead atoms. The summed E-state index contributed by atoms with van der Waals surface area (Å²) < 4.78 is 8.13. The van der Waals surface area contributed by atoms with E-state index in [1.165, 1.54) is 16.5 Å². The lowest BCUT2D eigenvalue weighted by Gasteiger charge is -2.19. The van der Waals surface area contributed by atoms with E-state index in [9.17, 15) is 0 Å². The van der Waals surface area contributed by atoms with Crippen LogP contribution in [0, 0.1) is 0 Å². The van der Waals surface area contributed by atoms with Crippen LogP contribution in [0.15, 0.2) is 30.5 Å². The first-order valence-electron chi connectivity index (χ1n) is 7.42. The third-order valence-corrected chi connectivity index (χ3v) is 3.39. The highest BCUT2D eigenvalue weighted by molar-refractivity contribution is 5.83. The van der Waals surface area contributed by atoms with Crippen LogP contribution in [0.25, 0.3) is 10.9 Å². The Hall–Kier alpha value is -1.32. The van der Waals surface area contributed by atoms with Crippen LogP contribution in [0.1, 0.15) is 32.8 Å². The van der Waals surface area contributed by atoms with E-state index in [0.717, 1.165) is 32.5 Å². The quantitative estimate of drug-likeness (QED) is 0.877. The van der Waals surface area contributed by atoms with E-state index in [2.05, 4.69) is 55.8 Å². The lowest BCUT2D eigenvalue weighted by atomic mass is 10.1. The second kappa shape index (κ2) is 6.42. The summed E-state index contributed by atoms with van der Waals surface area (Å²) in [5.74, 6) is 0. The minimum Gasteiger partial charge on any atom is -0.374 e. The Morgan fingerprint density at radius 1 is 1.20 bits per heavy atom. The van der Waals surface area contributed by atoms with E-state index in [0.29, 0.717) is 0 Å². The van der Waals surface area contributed by atoms with Gasteiger partial charge >= 0.3 is 0 Å². The summed E-state index contributed by atoms with van der Waals surface area (Å²) in [4.78, 5) is 0. The molecule has 1 heterocycles. The minimum absolute atomic E-state index is 0.0780. The van der Waals surface area contributed by atoms with Gasteiger partial charge in [-0.2, -0.15) is 0 Å². The molecule has 0 aliphatic carbocycles. The van der Waals surface area contributed by atoms with E-state index in [4.69, 9.17) is 10.5 Å². The van der Waals surface area contributed by atoms with Crippen LogP contribution in [-0.2, 0) is 17.7 Å². The number of nitrogens with zero attached hydrogens (tertiary/aromatic N) is 1. The normalized spacial score (nSPS) is 12.2. The van der Waals surface area contributed by atoms with Gasteiger partial charge in [0, 0.05) is 23.6 Å². The van der Waals surface area contributed by atoms with Crippen molar-refractivity contribution < 1.29 is 4.74 Å². The fourth-order valence-corrected chi connectivity index (χ4v) is 2.45. The van der Waals surface area contributed by atoms with Gasteiger partial charge in [0.25, 0.3) is 0 Å². The van der Waals surface area contributed by atoms with Crippen LogP contribution >= 0.6 is 0 Å². The van der Waals surface area contributed by atoms with Crippen molar-refractivity contribution in [2.45, 2.75) is 45.8 Å². The van der Waals surface area contributed by atoms with E-state index in [1.54, 1.807) is 0 Å². The lowest BCUT2D eigenvalue weighted by Crippen LogP contribution is -2.21. The fraction of sp³-hybridized carbons (Fsp3) is 0.529. The number of para-hydroxylation sites is 1. The molecule has 0 spiro atoms. The molecule has 0 saturated heterocycles. The second-order valence-electron chi connectivity index (χ2n) is 6.22. The maximum Gasteiger partial charge on any atom is 0.0652 e.